The fraction of sp³-hybridized carbons (Fsp3) is 1.00. The van der Waals surface area contributed by atoms with Crippen LogP contribution in [0, 0.1) is 5.92 Å². The van der Waals surface area contributed by atoms with E-state index in [0.29, 0.717) is 19.4 Å². The first-order valence-corrected chi connectivity index (χ1v) is 7.84. The van der Waals surface area contributed by atoms with E-state index in [2.05, 4.69) is 9.44 Å². The van der Waals surface area contributed by atoms with Gasteiger partial charge in [-0.15, -0.1) is 0 Å². The lowest BCUT2D eigenvalue weighted by molar-refractivity contribution is 0.130. The number of hydrogen-bond donors (Lipinski definition) is 3. The van der Waals surface area contributed by atoms with Gasteiger partial charge in [0.2, 0.25) is 0 Å². The van der Waals surface area contributed by atoms with Gasteiger partial charge in [0.25, 0.3) is 10.2 Å². The summed E-state index contributed by atoms with van der Waals surface area (Å²) in [5.74, 6) is 0.269. The average molecular weight is 264 g/mol. The molecular formula is C11H24N2O3S. The Morgan fingerprint density at radius 1 is 1.24 bits per heavy atom. The fourth-order valence-corrected chi connectivity index (χ4v) is 3.25. The van der Waals surface area contributed by atoms with E-state index in [1.807, 2.05) is 13.8 Å². The van der Waals surface area contributed by atoms with Crippen molar-refractivity contribution >= 4 is 10.2 Å². The van der Waals surface area contributed by atoms with E-state index in [1.54, 1.807) is 0 Å². The van der Waals surface area contributed by atoms with Crippen LogP contribution in [0.3, 0.4) is 0 Å². The molecule has 6 heteroatoms. The second kappa shape index (κ2) is 6.68. The zero-order valence-electron chi connectivity index (χ0n) is 10.6. The second-order valence-electron chi connectivity index (χ2n) is 5.18. The monoisotopic (exact) mass is 264 g/mol. The molecule has 1 fully saturated rings. The van der Waals surface area contributed by atoms with E-state index in [9.17, 15) is 13.5 Å². The summed E-state index contributed by atoms with van der Waals surface area (Å²) in [7, 11) is -3.49. The van der Waals surface area contributed by atoms with Crippen molar-refractivity contribution in [1.82, 2.24) is 9.44 Å². The summed E-state index contributed by atoms with van der Waals surface area (Å²) in [5.41, 5.74) is 0. The predicted molar refractivity (Wildman–Crippen MR) is 67.8 cm³/mol. The molecule has 0 spiro atoms. The maximum absolute atomic E-state index is 11.7. The van der Waals surface area contributed by atoms with Gasteiger partial charge in [-0.3, -0.25) is 0 Å². The third kappa shape index (κ3) is 5.81. The minimum Gasteiger partial charge on any atom is -0.391 e. The molecule has 0 bridgehead atoms. The van der Waals surface area contributed by atoms with Crippen molar-refractivity contribution in [2.75, 3.05) is 6.54 Å². The Labute approximate surface area is 104 Å². The Morgan fingerprint density at radius 2 is 1.88 bits per heavy atom. The zero-order valence-corrected chi connectivity index (χ0v) is 11.5. The van der Waals surface area contributed by atoms with Crippen LogP contribution in [0.15, 0.2) is 0 Å². The molecule has 0 heterocycles. The summed E-state index contributed by atoms with van der Waals surface area (Å²) in [5, 5.41) is 9.83. The van der Waals surface area contributed by atoms with Crippen molar-refractivity contribution in [2.45, 2.75) is 58.1 Å². The molecule has 0 radical (unpaired) electrons. The van der Waals surface area contributed by atoms with Crippen LogP contribution in [0.5, 0.6) is 0 Å². The van der Waals surface area contributed by atoms with E-state index >= 15 is 0 Å². The largest absolute Gasteiger partial charge is 0.391 e. The number of aliphatic hydroxyl groups excluding tert-OH is 1. The molecule has 0 aromatic heterocycles. The second-order valence-corrected chi connectivity index (χ2v) is 6.71. The number of nitrogens with one attached hydrogen (secondary N) is 2. The standard InChI is InChI=1S/C11H24N2O3S/c1-9(2)8-12-17(15,16)13-10-6-4-3-5-7-11(10)14/h9-14H,3-8H2,1-2H3. The maximum Gasteiger partial charge on any atom is 0.277 e. The van der Waals surface area contributed by atoms with Crippen molar-refractivity contribution < 1.29 is 13.5 Å². The highest BCUT2D eigenvalue weighted by molar-refractivity contribution is 7.87. The molecule has 2 unspecified atom stereocenters. The van der Waals surface area contributed by atoms with Crippen LogP contribution in [0.1, 0.15) is 46.0 Å². The molecular weight excluding hydrogens is 240 g/mol. The van der Waals surface area contributed by atoms with Crippen LogP contribution in [0.2, 0.25) is 0 Å². The summed E-state index contributed by atoms with van der Waals surface area (Å²) >= 11 is 0. The van der Waals surface area contributed by atoms with Gasteiger partial charge in [0.15, 0.2) is 0 Å². The highest BCUT2D eigenvalue weighted by Gasteiger charge is 2.25. The van der Waals surface area contributed by atoms with Crippen LogP contribution in [-0.2, 0) is 10.2 Å². The first-order chi connectivity index (χ1) is 7.91. The molecule has 5 nitrogen and oxygen atoms in total. The first-order valence-electron chi connectivity index (χ1n) is 6.35. The Hall–Kier alpha value is -0.170. The molecule has 0 aromatic rings. The Balaban J connectivity index is 2.50. The van der Waals surface area contributed by atoms with Gasteiger partial charge < -0.3 is 5.11 Å². The molecule has 17 heavy (non-hydrogen) atoms. The molecule has 1 saturated carbocycles. The highest BCUT2D eigenvalue weighted by Crippen LogP contribution is 2.18. The lowest BCUT2D eigenvalue weighted by Crippen LogP contribution is -2.48. The Bertz CT molecular complexity index is 317. The molecule has 3 N–H and O–H groups in total. The molecule has 0 amide bonds. The van der Waals surface area contributed by atoms with Gasteiger partial charge in [-0.05, 0) is 18.8 Å². The molecule has 1 rings (SSSR count). The number of hydrogen-bond acceptors (Lipinski definition) is 3. The minimum atomic E-state index is -3.49. The quantitative estimate of drug-likeness (QED) is 0.642. The first kappa shape index (κ1) is 14.9. The molecule has 2 atom stereocenters. The summed E-state index contributed by atoms with van der Waals surface area (Å²) in [6, 6.07) is -0.345. The molecule has 0 aromatic carbocycles. The van der Waals surface area contributed by atoms with Crippen molar-refractivity contribution in [3.8, 4) is 0 Å². The van der Waals surface area contributed by atoms with E-state index < -0.39 is 16.3 Å². The van der Waals surface area contributed by atoms with E-state index in [4.69, 9.17) is 0 Å². The van der Waals surface area contributed by atoms with Gasteiger partial charge in [-0.1, -0.05) is 33.1 Å². The minimum absolute atomic E-state index is 0.269. The summed E-state index contributed by atoms with van der Waals surface area (Å²) < 4.78 is 28.5. The van der Waals surface area contributed by atoms with Gasteiger partial charge in [0.1, 0.15) is 0 Å². The smallest absolute Gasteiger partial charge is 0.277 e. The van der Waals surface area contributed by atoms with Gasteiger partial charge in [0.05, 0.1) is 6.10 Å². The predicted octanol–water partition coefficient (Wildman–Crippen LogP) is 0.760. The van der Waals surface area contributed by atoms with Gasteiger partial charge in [-0.25, -0.2) is 4.72 Å². The maximum atomic E-state index is 11.7. The molecule has 0 aliphatic heterocycles. The van der Waals surface area contributed by atoms with Crippen molar-refractivity contribution in [1.29, 1.82) is 0 Å². The van der Waals surface area contributed by atoms with Crippen LogP contribution < -0.4 is 9.44 Å². The third-order valence-electron chi connectivity index (χ3n) is 2.97. The van der Waals surface area contributed by atoms with Gasteiger partial charge >= 0.3 is 0 Å². The number of aliphatic hydroxyl groups is 1. The van der Waals surface area contributed by atoms with E-state index in [1.165, 1.54) is 0 Å². The van der Waals surface area contributed by atoms with E-state index in [-0.39, 0.29) is 12.0 Å². The van der Waals surface area contributed by atoms with Crippen LogP contribution in [-0.4, -0.2) is 32.2 Å². The van der Waals surface area contributed by atoms with Crippen LogP contribution in [0.4, 0.5) is 0 Å². The third-order valence-corrected chi connectivity index (χ3v) is 4.13. The molecule has 1 aliphatic carbocycles. The summed E-state index contributed by atoms with van der Waals surface area (Å²) in [4.78, 5) is 0. The zero-order chi connectivity index (χ0) is 12.9. The molecule has 1 aliphatic rings. The van der Waals surface area contributed by atoms with Gasteiger partial charge in [-0.2, -0.15) is 13.1 Å². The molecule has 102 valence electrons. The Kier molecular flexibility index (Phi) is 5.85. The fourth-order valence-electron chi connectivity index (χ4n) is 1.94. The normalized spacial score (nSPS) is 27.1. The van der Waals surface area contributed by atoms with Crippen LogP contribution in [0.25, 0.3) is 0 Å². The SMILES string of the molecule is CC(C)CNS(=O)(=O)NC1CCCCCC1O. The summed E-state index contributed by atoms with van der Waals surface area (Å²) in [6.07, 6.45) is 3.83. The van der Waals surface area contributed by atoms with Crippen molar-refractivity contribution in [3.05, 3.63) is 0 Å². The van der Waals surface area contributed by atoms with E-state index in [0.717, 1.165) is 19.3 Å². The lowest BCUT2D eigenvalue weighted by atomic mass is 10.1. The number of rotatable bonds is 5. The van der Waals surface area contributed by atoms with Gasteiger partial charge in [0, 0.05) is 12.6 Å². The summed E-state index contributed by atoms with van der Waals surface area (Å²) in [6.45, 7) is 4.31. The van der Waals surface area contributed by atoms with Crippen molar-refractivity contribution in [2.24, 2.45) is 5.92 Å². The Morgan fingerprint density at radius 3 is 2.53 bits per heavy atom. The van der Waals surface area contributed by atoms with Crippen molar-refractivity contribution in [3.63, 3.8) is 0 Å². The topological polar surface area (TPSA) is 78.4 Å². The van der Waals surface area contributed by atoms with Crippen LogP contribution >= 0.6 is 0 Å². The molecule has 0 saturated heterocycles. The lowest BCUT2D eigenvalue weighted by Gasteiger charge is -2.22. The highest BCUT2D eigenvalue weighted by atomic mass is 32.2. The average Bonchev–Trinajstić information content (AvgIpc) is 2.42.